The van der Waals surface area contributed by atoms with Crippen LogP contribution in [0.3, 0.4) is 0 Å². The van der Waals surface area contributed by atoms with E-state index in [1.54, 1.807) is 0 Å². The first-order chi connectivity index (χ1) is 6.49. The van der Waals surface area contributed by atoms with Crippen molar-refractivity contribution in [3.8, 4) is 5.75 Å². The molecule has 0 amide bonds. The maximum Gasteiger partial charge on any atom is 0.312 e. The summed E-state index contributed by atoms with van der Waals surface area (Å²) < 4.78 is 18.0. The molecule has 1 aromatic rings. The second-order valence-corrected chi connectivity index (χ2v) is 4.18. The van der Waals surface area contributed by atoms with Gasteiger partial charge in [0.25, 0.3) is 0 Å². The van der Waals surface area contributed by atoms with E-state index in [4.69, 9.17) is 4.74 Å². The summed E-state index contributed by atoms with van der Waals surface area (Å²) in [5, 5.41) is 0. The lowest BCUT2D eigenvalue weighted by Gasteiger charge is -2.30. The van der Waals surface area contributed by atoms with E-state index in [1.807, 2.05) is 13.8 Å². The van der Waals surface area contributed by atoms with Crippen LogP contribution in [0.25, 0.3) is 0 Å². The summed E-state index contributed by atoms with van der Waals surface area (Å²) in [7, 11) is 0. The molecule has 0 saturated heterocycles. The molecule has 0 spiro atoms. The fraction of sp³-hybridized carbons (Fsp3) is 0.364. The van der Waals surface area contributed by atoms with Crippen molar-refractivity contribution in [1.29, 1.82) is 0 Å². The molecule has 0 saturated carbocycles. The highest BCUT2D eigenvalue weighted by Crippen LogP contribution is 2.38. The molecule has 0 unspecified atom stereocenters. The Hall–Kier alpha value is -1.38. The topological polar surface area (TPSA) is 26.3 Å². The van der Waals surface area contributed by atoms with Crippen molar-refractivity contribution in [1.82, 2.24) is 0 Å². The second-order valence-electron chi connectivity index (χ2n) is 4.18. The minimum atomic E-state index is -0.341. The van der Waals surface area contributed by atoms with Crippen LogP contribution >= 0.6 is 0 Å². The number of hydrogen-bond acceptors (Lipinski definition) is 2. The lowest BCUT2D eigenvalue weighted by atomic mass is 9.79. The van der Waals surface area contributed by atoms with Gasteiger partial charge in [-0.2, -0.15) is 0 Å². The lowest BCUT2D eigenvalue weighted by molar-refractivity contribution is -0.136. The first-order valence-electron chi connectivity index (χ1n) is 4.50. The average molecular weight is 194 g/mol. The van der Waals surface area contributed by atoms with Crippen LogP contribution in [-0.4, -0.2) is 5.97 Å². The van der Waals surface area contributed by atoms with Crippen LogP contribution in [0.1, 0.15) is 25.8 Å². The van der Waals surface area contributed by atoms with E-state index in [2.05, 4.69) is 0 Å². The van der Waals surface area contributed by atoms with Gasteiger partial charge in [0, 0.05) is 11.0 Å². The van der Waals surface area contributed by atoms with Crippen molar-refractivity contribution in [3.63, 3.8) is 0 Å². The highest BCUT2D eigenvalue weighted by atomic mass is 19.1. The molecule has 0 fully saturated rings. The van der Waals surface area contributed by atoms with Gasteiger partial charge >= 0.3 is 5.97 Å². The van der Waals surface area contributed by atoms with Gasteiger partial charge in [-0.15, -0.1) is 0 Å². The molecule has 0 atom stereocenters. The van der Waals surface area contributed by atoms with E-state index in [-0.39, 0.29) is 17.2 Å². The average Bonchev–Trinajstić information content (AvgIpc) is 2.05. The van der Waals surface area contributed by atoms with Crippen molar-refractivity contribution in [2.45, 2.75) is 25.7 Å². The van der Waals surface area contributed by atoms with E-state index in [0.29, 0.717) is 12.2 Å². The third kappa shape index (κ3) is 1.39. The third-order valence-corrected chi connectivity index (χ3v) is 2.48. The summed E-state index contributed by atoms with van der Waals surface area (Å²) in [6.45, 7) is 3.82. The van der Waals surface area contributed by atoms with Gasteiger partial charge in [0.2, 0.25) is 0 Å². The lowest BCUT2D eigenvalue weighted by Crippen LogP contribution is -2.30. The van der Waals surface area contributed by atoms with Crippen molar-refractivity contribution >= 4 is 5.97 Å². The van der Waals surface area contributed by atoms with Crippen molar-refractivity contribution in [2.75, 3.05) is 0 Å². The Morgan fingerprint density at radius 1 is 1.43 bits per heavy atom. The molecule has 0 aliphatic carbocycles. The first-order valence-corrected chi connectivity index (χ1v) is 4.50. The predicted octanol–water partition coefficient (Wildman–Crippen LogP) is 2.41. The number of rotatable bonds is 0. The fourth-order valence-corrected chi connectivity index (χ4v) is 1.73. The Bertz CT molecular complexity index is 396. The van der Waals surface area contributed by atoms with E-state index in [9.17, 15) is 9.18 Å². The number of benzene rings is 1. The summed E-state index contributed by atoms with van der Waals surface area (Å²) in [6, 6.07) is 4.23. The highest BCUT2D eigenvalue weighted by Gasteiger charge is 2.33. The number of carbonyl (C=O) groups is 1. The molecule has 1 heterocycles. The summed E-state index contributed by atoms with van der Waals surface area (Å²) in [5.74, 6) is -0.0727. The monoisotopic (exact) mass is 194 g/mol. The summed E-state index contributed by atoms with van der Waals surface area (Å²) in [5.41, 5.74) is 0.421. The first kappa shape index (κ1) is 9.19. The highest BCUT2D eigenvalue weighted by molar-refractivity contribution is 5.77. The minimum Gasteiger partial charge on any atom is -0.426 e. The van der Waals surface area contributed by atoms with Gasteiger partial charge in [0.15, 0.2) is 0 Å². The van der Waals surface area contributed by atoms with Gasteiger partial charge < -0.3 is 4.74 Å². The number of carbonyl (C=O) groups excluding carboxylic acids is 1. The summed E-state index contributed by atoms with van der Waals surface area (Å²) in [6.07, 6.45) is 0.295. The van der Waals surface area contributed by atoms with Gasteiger partial charge in [0.05, 0.1) is 6.42 Å². The van der Waals surface area contributed by atoms with E-state index in [1.165, 1.54) is 18.2 Å². The molecule has 0 aromatic heterocycles. The SMILES string of the molecule is CC1(C)CC(=O)Oc2ccc(F)cc21. The quantitative estimate of drug-likeness (QED) is 0.468. The Labute approximate surface area is 81.7 Å². The number of fused-ring (bicyclic) bond motifs is 1. The summed E-state index contributed by atoms with van der Waals surface area (Å²) >= 11 is 0. The molecule has 14 heavy (non-hydrogen) atoms. The van der Waals surface area contributed by atoms with Crippen LogP contribution < -0.4 is 4.74 Å². The summed E-state index contributed by atoms with van der Waals surface area (Å²) in [4.78, 5) is 11.2. The molecular formula is C11H11FO2. The van der Waals surface area contributed by atoms with Crippen molar-refractivity contribution in [2.24, 2.45) is 0 Å². The second kappa shape index (κ2) is 2.80. The third-order valence-electron chi connectivity index (χ3n) is 2.48. The van der Waals surface area contributed by atoms with Gasteiger partial charge in [-0.05, 0) is 18.2 Å². The maximum atomic E-state index is 13.0. The molecule has 74 valence electrons. The van der Waals surface area contributed by atoms with E-state index in [0.717, 1.165) is 5.56 Å². The molecule has 1 aromatic carbocycles. The number of halogens is 1. The van der Waals surface area contributed by atoms with Crippen LogP contribution in [0, 0.1) is 5.82 Å². The predicted molar refractivity (Wildman–Crippen MR) is 49.7 cm³/mol. The molecule has 0 bridgehead atoms. The minimum absolute atomic E-state index is 0.255. The van der Waals surface area contributed by atoms with Gasteiger partial charge in [0.1, 0.15) is 11.6 Å². The normalized spacial score (nSPS) is 18.6. The Morgan fingerprint density at radius 3 is 2.86 bits per heavy atom. The Kier molecular flexibility index (Phi) is 1.84. The Balaban J connectivity index is 2.58. The molecule has 3 heteroatoms. The molecule has 0 radical (unpaired) electrons. The zero-order valence-electron chi connectivity index (χ0n) is 8.13. The fourth-order valence-electron chi connectivity index (χ4n) is 1.73. The van der Waals surface area contributed by atoms with Gasteiger partial charge in [-0.1, -0.05) is 13.8 Å². The van der Waals surface area contributed by atoms with E-state index < -0.39 is 0 Å². The van der Waals surface area contributed by atoms with Crippen LogP contribution in [0.4, 0.5) is 4.39 Å². The van der Waals surface area contributed by atoms with Gasteiger partial charge in [-0.25, -0.2) is 4.39 Å². The molecule has 1 aliphatic rings. The van der Waals surface area contributed by atoms with Crippen molar-refractivity contribution < 1.29 is 13.9 Å². The van der Waals surface area contributed by atoms with Crippen LogP contribution in [0.5, 0.6) is 5.75 Å². The largest absolute Gasteiger partial charge is 0.426 e. The van der Waals surface area contributed by atoms with Gasteiger partial charge in [-0.3, -0.25) is 4.79 Å². The Morgan fingerprint density at radius 2 is 2.14 bits per heavy atom. The van der Waals surface area contributed by atoms with Crippen molar-refractivity contribution in [3.05, 3.63) is 29.6 Å². The van der Waals surface area contributed by atoms with Crippen LogP contribution in [0.2, 0.25) is 0 Å². The maximum absolute atomic E-state index is 13.0. The number of hydrogen-bond donors (Lipinski definition) is 0. The molecule has 0 N–H and O–H groups in total. The zero-order chi connectivity index (χ0) is 10.3. The van der Waals surface area contributed by atoms with Crippen LogP contribution in [-0.2, 0) is 10.2 Å². The van der Waals surface area contributed by atoms with Crippen LogP contribution in [0.15, 0.2) is 18.2 Å². The number of ether oxygens (including phenoxy) is 1. The smallest absolute Gasteiger partial charge is 0.312 e. The molecule has 2 rings (SSSR count). The molecule has 1 aliphatic heterocycles. The molecule has 2 nitrogen and oxygen atoms in total. The standard InChI is InChI=1S/C11H11FO2/c1-11(2)6-10(13)14-9-4-3-7(12)5-8(9)11/h3-5H,6H2,1-2H3. The van der Waals surface area contributed by atoms with E-state index >= 15 is 0 Å². The zero-order valence-corrected chi connectivity index (χ0v) is 8.13. The number of esters is 1. The molecular weight excluding hydrogens is 183 g/mol.